The van der Waals surface area contributed by atoms with Crippen molar-refractivity contribution in [3.05, 3.63) is 0 Å². The van der Waals surface area contributed by atoms with E-state index >= 15 is 0 Å². The molecular formula is C16H32N4O2. The van der Waals surface area contributed by atoms with Gasteiger partial charge < -0.3 is 20.4 Å². The molecule has 0 spiro atoms. The number of carbonyl (C=O) groups is 2. The maximum absolute atomic E-state index is 12.0. The van der Waals surface area contributed by atoms with Crippen LogP contribution in [0.25, 0.3) is 0 Å². The van der Waals surface area contributed by atoms with Crippen LogP contribution in [-0.4, -0.2) is 60.1 Å². The fourth-order valence-corrected chi connectivity index (χ4v) is 2.94. The summed E-state index contributed by atoms with van der Waals surface area (Å²) in [5.74, 6) is 0. The van der Waals surface area contributed by atoms with Crippen molar-refractivity contribution < 1.29 is 9.59 Å². The van der Waals surface area contributed by atoms with Crippen molar-refractivity contribution in [1.82, 2.24) is 20.4 Å². The summed E-state index contributed by atoms with van der Waals surface area (Å²) < 4.78 is 0. The number of hydrogen-bond donors (Lipinski definition) is 2. The lowest BCUT2D eigenvalue weighted by Gasteiger charge is -2.32. The Morgan fingerprint density at radius 2 is 1.00 bits per heavy atom. The van der Waals surface area contributed by atoms with Crippen LogP contribution in [0.1, 0.15) is 53.4 Å². The molecule has 6 heteroatoms. The van der Waals surface area contributed by atoms with Gasteiger partial charge in [0.2, 0.25) is 0 Å². The van der Waals surface area contributed by atoms with Gasteiger partial charge >= 0.3 is 12.1 Å². The Hall–Kier alpha value is -1.46. The van der Waals surface area contributed by atoms with E-state index in [0.29, 0.717) is 0 Å². The minimum Gasteiger partial charge on any atom is -0.335 e. The minimum atomic E-state index is 0.0284. The van der Waals surface area contributed by atoms with Gasteiger partial charge in [-0.1, -0.05) is 0 Å². The summed E-state index contributed by atoms with van der Waals surface area (Å²) in [6.45, 7) is 10.9. The maximum Gasteiger partial charge on any atom is 0.317 e. The summed E-state index contributed by atoms with van der Waals surface area (Å²) in [6.07, 6.45) is 3.71. The molecule has 0 unspecified atom stereocenters. The molecule has 128 valence electrons. The van der Waals surface area contributed by atoms with Gasteiger partial charge in [0.15, 0.2) is 0 Å². The van der Waals surface area contributed by atoms with Gasteiger partial charge in [-0.3, -0.25) is 0 Å². The normalized spacial score (nSPS) is 21.1. The first-order valence-corrected chi connectivity index (χ1v) is 8.66. The number of amides is 4. The van der Waals surface area contributed by atoms with E-state index in [9.17, 15) is 9.59 Å². The highest BCUT2D eigenvalue weighted by Gasteiger charge is 2.25. The number of hydrogen-bond acceptors (Lipinski definition) is 2. The summed E-state index contributed by atoms with van der Waals surface area (Å²) in [4.78, 5) is 27.7. The van der Waals surface area contributed by atoms with E-state index in [1.807, 2.05) is 27.7 Å². The molecule has 0 radical (unpaired) electrons. The first kappa shape index (κ1) is 18.6. The lowest BCUT2D eigenvalue weighted by Crippen LogP contribution is -2.50. The molecule has 4 amide bonds. The molecule has 0 saturated heterocycles. The predicted molar refractivity (Wildman–Crippen MR) is 88.9 cm³/mol. The second kappa shape index (κ2) is 9.54. The molecule has 1 aliphatic carbocycles. The smallest absolute Gasteiger partial charge is 0.317 e. The zero-order chi connectivity index (χ0) is 16.5. The number of carbonyl (C=O) groups excluding carboxylic acids is 2. The lowest BCUT2D eigenvalue weighted by atomic mass is 9.91. The Morgan fingerprint density at radius 1 is 0.727 bits per heavy atom. The van der Waals surface area contributed by atoms with Gasteiger partial charge in [-0.25, -0.2) is 9.59 Å². The fraction of sp³-hybridized carbons (Fsp3) is 0.875. The largest absolute Gasteiger partial charge is 0.335 e. The average Bonchev–Trinajstić information content (AvgIpc) is 2.51. The second-order valence-corrected chi connectivity index (χ2v) is 5.79. The third-order valence-corrected chi connectivity index (χ3v) is 4.48. The predicted octanol–water partition coefficient (Wildman–Crippen LogP) is 2.40. The van der Waals surface area contributed by atoms with Gasteiger partial charge in [0.05, 0.1) is 0 Å². The van der Waals surface area contributed by atoms with Crippen molar-refractivity contribution >= 4 is 12.1 Å². The zero-order valence-electron chi connectivity index (χ0n) is 14.5. The highest BCUT2D eigenvalue weighted by Crippen LogP contribution is 2.19. The minimum absolute atomic E-state index is 0.0284. The van der Waals surface area contributed by atoms with Gasteiger partial charge in [-0.2, -0.15) is 0 Å². The third-order valence-electron chi connectivity index (χ3n) is 4.48. The zero-order valence-corrected chi connectivity index (χ0v) is 14.5. The van der Waals surface area contributed by atoms with Gasteiger partial charge in [-0.15, -0.1) is 0 Å². The van der Waals surface area contributed by atoms with Gasteiger partial charge in [0.1, 0.15) is 0 Å². The molecule has 2 N–H and O–H groups in total. The van der Waals surface area contributed by atoms with Crippen LogP contribution in [0.3, 0.4) is 0 Å². The molecule has 0 bridgehead atoms. The van der Waals surface area contributed by atoms with Gasteiger partial charge in [0, 0.05) is 38.3 Å². The Morgan fingerprint density at radius 3 is 1.23 bits per heavy atom. The van der Waals surface area contributed by atoms with E-state index in [-0.39, 0.29) is 24.1 Å². The number of nitrogens with zero attached hydrogens (tertiary/aromatic N) is 2. The maximum atomic E-state index is 12.0. The fourth-order valence-electron chi connectivity index (χ4n) is 2.94. The van der Waals surface area contributed by atoms with E-state index in [0.717, 1.165) is 51.9 Å². The van der Waals surface area contributed by atoms with Gasteiger partial charge in [-0.05, 0) is 53.4 Å². The van der Waals surface area contributed by atoms with Crippen molar-refractivity contribution in [1.29, 1.82) is 0 Å². The summed E-state index contributed by atoms with van der Waals surface area (Å²) in [5, 5.41) is 6.21. The van der Waals surface area contributed by atoms with Crippen LogP contribution in [0, 0.1) is 0 Å². The molecule has 1 fully saturated rings. The highest BCUT2D eigenvalue weighted by atomic mass is 16.2. The first-order valence-electron chi connectivity index (χ1n) is 8.66. The molecule has 0 aromatic rings. The van der Waals surface area contributed by atoms with Crippen molar-refractivity contribution in [2.45, 2.75) is 65.5 Å². The van der Waals surface area contributed by atoms with Crippen LogP contribution in [-0.2, 0) is 0 Å². The van der Waals surface area contributed by atoms with E-state index in [2.05, 4.69) is 10.6 Å². The monoisotopic (exact) mass is 312 g/mol. The molecule has 0 heterocycles. The topological polar surface area (TPSA) is 64.7 Å². The summed E-state index contributed by atoms with van der Waals surface area (Å²) in [5.41, 5.74) is 0. The van der Waals surface area contributed by atoms with Crippen molar-refractivity contribution in [2.75, 3.05) is 26.2 Å². The summed E-state index contributed by atoms with van der Waals surface area (Å²) in [7, 11) is 0. The molecule has 6 nitrogen and oxygen atoms in total. The van der Waals surface area contributed by atoms with Crippen molar-refractivity contribution in [3.8, 4) is 0 Å². The molecule has 0 atom stereocenters. The highest BCUT2D eigenvalue weighted by molar-refractivity contribution is 5.75. The molecule has 0 aliphatic heterocycles. The van der Waals surface area contributed by atoms with Crippen LogP contribution in [0.5, 0.6) is 0 Å². The van der Waals surface area contributed by atoms with E-state index < -0.39 is 0 Å². The van der Waals surface area contributed by atoms with E-state index in [1.54, 1.807) is 9.80 Å². The van der Waals surface area contributed by atoms with Crippen molar-refractivity contribution in [3.63, 3.8) is 0 Å². The standard InChI is InChI=1S/C16H32N4O2/c1-5-19(6-2)15(21)17-13-9-11-14(12-10-13)18-16(22)20(7-3)8-4/h13-14H,5-12H2,1-4H3,(H,17,21)(H,18,22)/t13-,14-. The molecule has 1 saturated carbocycles. The Kier molecular flexibility index (Phi) is 8.06. The SMILES string of the molecule is CCN(CC)C(=O)N[C@H]1CC[C@H](NC(=O)N(CC)CC)CC1. The molecule has 1 aliphatic rings. The Labute approximate surface area is 134 Å². The number of rotatable bonds is 6. The van der Waals surface area contributed by atoms with Crippen LogP contribution >= 0.6 is 0 Å². The van der Waals surface area contributed by atoms with E-state index in [1.165, 1.54) is 0 Å². The molecule has 0 aromatic heterocycles. The summed E-state index contributed by atoms with van der Waals surface area (Å²) in [6, 6.07) is 0.519. The van der Waals surface area contributed by atoms with E-state index in [4.69, 9.17) is 0 Å². The van der Waals surface area contributed by atoms with Crippen LogP contribution in [0.4, 0.5) is 9.59 Å². The van der Waals surface area contributed by atoms with Gasteiger partial charge in [0.25, 0.3) is 0 Å². The Balaban J connectivity index is 2.34. The second-order valence-electron chi connectivity index (χ2n) is 5.79. The summed E-state index contributed by atoms with van der Waals surface area (Å²) >= 11 is 0. The average molecular weight is 312 g/mol. The third kappa shape index (κ3) is 5.39. The molecule has 22 heavy (non-hydrogen) atoms. The number of urea groups is 2. The quantitative estimate of drug-likeness (QED) is 0.791. The first-order chi connectivity index (χ1) is 10.5. The molecule has 1 rings (SSSR count). The van der Waals surface area contributed by atoms with Crippen LogP contribution < -0.4 is 10.6 Å². The molecule has 0 aromatic carbocycles. The van der Waals surface area contributed by atoms with Crippen LogP contribution in [0.15, 0.2) is 0 Å². The lowest BCUT2D eigenvalue weighted by molar-refractivity contribution is 0.185. The number of nitrogens with one attached hydrogen (secondary N) is 2. The molecular weight excluding hydrogens is 280 g/mol. The Bertz CT molecular complexity index is 312. The van der Waals surface area contributed by atoms with Crippen molar-refractivity contribution in [2.24, 2.45) is 0 Å². The van der Waals surface area contributed by atoms with Crippen LogP contribution in [0.2, 0.25) is 0 Å².